The van der Waals surface area contributed by atoms with Crippen LogP contribution in [0.5, 0.6) is 0 Å². The predicted octanol–water partition coefficient (Wildman–Crippen LogP) is 0.553. The number of ether oxygens (including phenoxy) is 1. The van der Waals surface area contributed by atoms with E-state index >= 15 is 0 Å². The van der Waals surface area contributed by atoms with Gasteiger partial charge in [0.25, 0.3) is 0 Å². The molecule has 5 heterocycles. The summed E-state index contributed by atoms with van der Waals surface area (Å²) in [6, 6.07) is 2.16. The lowest BCUT2D eigenvalue weighted by Crippen LogP contribution is -2.48. The van der Waals surface area contributed by atoms with Gasteiger partial charge in [-0.25, -0.2) is 19.9 Å². The molecule has 0 amide bonds. The number of aldehydes is 1. The van der Waals surface area contributed by atoms with Crippen molar-refractivity contribution in [2.24, 2.45) is 0 Å². The highest BCUT2D eigenvalue weighted by Gasteiger charge is 2.23. The summed E-state index contributed by atoms with van der Waals surface area (Å²) in [6.45, 7) is 9.45. The molecule has 0 aromatic carbocycles. The number of anilines is 2. The molecule has 0 spiro atoms. The lowest BCUT2D eigenvalue weighted by Gasteiger charge is -2.34. The van der Waals surface area contributed by atoms with Crippen molar-refractivity contribution in [3.63, 3.8) is 0 Å². The number of carbonyl (C=O) groups is 1. The molecular weight excluding hydrogens is 468 g/mol. The summed E-state index contributed by atoms with van der Waals surface area (Å²) >= 11 is 1.74. The number of aryl methyl sites for hydroxylation is 1. The van der Waals surface area contributed by atoms with Crippen molar-refractivity contribution in [3.8, 4) is 11.4 Å². The van der Waals surface area contributed by atoms with Gasteiger partial charge in [-0.1, -0.05) is 0 Å². The molecule has 12 heteroatoms. The van der Waals surface area contributed by atoms with E-state index in [0.29, 0.717) is 31.9 Å². The number of fused-ring (bicyclic) bond motifs is 1. The van der Waals surface area contributed by atoms with Crippen molar-refractivity contribution >= 4 is 39.6 Å². The van der Waals surface area contributed by atoms with E-state index in [0.717, 1.165) is 73.1 Å². The summed E-state index contributed by atoms with van der Waals surface area (Å²) in [5, 5.41) is 9.60. The summed E-state index contributed by atoms with van der Waals surface area (Å²) in [5.41, 5.74) is 8.20. The molecule has 0 bridgehead atoms. The molecule has 1 atom stereocenters. The van der Waals surface area contributed by atoms with Crippen LogP contribution in [0.1, 0.15) is 10.6 Å². The standard InChI is InChI=1S/C23H30N8O3S/c1-15-18(11-25-23(24)26-15)21-27-19-10-17(13-30-4-2-29(3-5-30)12-16(33)14-32)35-20(19)22(28-21)31-6-8-34-9-7-31/h10-11,14,16,33H,2-9,12-13H2,1H3,(H2,24,25,26)/t16-/m0/s1. The number of aliphatic hydroxyl groups is 1. The molecule has 2 aliphatic rings. The van der Waals surface area contributed by atoms with Gasteiger partial charge in [-0.05, 0) is 13.0 Å². The molecule has 0 saturated carbocycles. The normalized spacial score (nSPS) is 18.7. The summed E-state index contributed by atoms with van der Waals surface area (Å²) < 4.78 is 6.64. The third-order valence-electron chi connectivity index (χ3n) is 6.40. The van der Waals surface area contributed by atoms with Gasteiger partial charge >= 0.3 is 0 Å². The van der Waals surface area contributed by atoms with Gasteiger partial charge in [-0.15, -0.1) is 11.3 Å². The first-order valence-corrected chi connectivity index (χ1v) is 12.6. The number of thiophene rings is 1. The molecule has 11 nitrogen and oxygen atoms in total. The molecule has 3 aromatic heterocycles. The first-order valence-electron chi connectivity index (χ1n) is 11.8. The number of aliphatic hydroxyl groups excluding tert-OH is 1. The monoisotopic (exact) mass is 498 g/mol. The largest absolute Gasteiger partial charge is 0.384 e. The van der Waals surface area contributed by atoms with Crippen molar-refractivity contribution in [1.82, 2.24) is 29.7 Å². The Morgan fingerprint density at radius 2 is 1.89 bits per heavy atom. The molecule has 0 radical (unpaired) electrons. The van der Waals surface area contributed by atoms with Crippen LogP contribution < -0.4 is 10.6 Å². The number of nitrogens with two attached hydrogens (primary N) is 1. The van der Waals surface area contributed by atoms with E-state index in [-0.39, 0.29) is 5.95 Å². The number of piperazine rings is 1. The van der Waals surface area contributed by atoms with Crippen molar-refractivity contribution in [2.75, 3.05) is 69.7 Å². The van der Waals surface area contributed by atoms with Crippen LogP contribution in [0.2, 0.25) is 0 Å². The van der Waals surface area contributed by atoms with Crippen LogP contribution in [0.3, 0.4) is 0 Å². The Kier molecular flexibility index (Phi) is 7.16. The van der Waals surface area contributed by atoms with Crippen LogP contribution in [0.4, 0.5) is 11.8 Å². The lowest BCUT2D eigenvalue weighted by molar-refractivity contribution is -0.115. The molecule has 2 saturated heterocycles. The minimum absolute atomic E-state index is 0.235. The van der Waals surface area contributed by atoms with Gasteiger partial charge in [0.05, 0.1) is 34.7 Å². The van der Waals surface area contributed by atoms with E-state index in [1.54, 1.807) is 17.5 Å². The van der Waals surface area contributed by atoms with Gasteiger partial charge in [-0.3, -0.25) is 9.80 Å². The van der Waals surface area contributed by atoms with E-state index in [9.17, 15) is 9.90 Å². The number of β-amino-alcohol motifs (C(OH)–C–C–N with tert-alkyl or cyclic N) is 1. The number of hydrogen-bond acceptors (Lipinski definition) is 12. The third kappa shape index (κ3) is 5.41. The molecule has 3 aromatic rings. The maximum atomic E-state index is 10.7. The number of nitrogen functional groups attached to an aromatic ring is 1. The van der Waals surface area contributed by atoms with Crippen LogP contribution in [0.25, 0.3) is 21.6 Å². The van der Waals surface area contributed by atoms with Crippen LogP contribution in [-0.4, -0.2) is 106 Å². The van der Waals surface area contributed by atoms with Crippen LogP contribution in [-0.2, 0) is 16.1 Å². The smallest absolute Gasteiger partial charge is 0.220 e. The average molecular weight is 499 g/mol. The zero-order valence-electron chi connectivity index (χ0n) is 19.8. The highest BCUT2D eigenvalue weighted by molar-refractivity contribution is 7.19. The predicted molar refractivity (Wildman–Crippen MR) is 134 cm³/mol. The molecule has 2 aliphatic heterocycles. The molecule has 186 valence electrons. The van der Waals surface area contributed by atoms with Crippen molar-refractivity contribution in [3.05, 3.63) is 22.8 Å². The van der Waals surface area contributed by atoms with Crippen LogP contribution in [0, 0.1) is 6.92 Å². The van der Waals surface area contributed by atoms with E-state index < -0.39 is 6.10 Å². The zero-order chi connectivity index (χ0) is 24.4. The number of aromatic nitrogens is 4. The summed E-state index contributed by atoms with van der Waals surface area (Å²) in [5.74, 6) is 1.76. The Morgan fingerprint density at radius 3 is 2.60 bits per heavy atom. The molecule has 0 aliphatic carbocycles. The van der Waals surface area contributed by atoms with Gasteiger partial charge in [-0.2, -0.15) is 0 Å². The van der Waals surface area contributed by atoms with Crippen molar-refractivity contribution < 1.29 is 14.6 Å². The highest BCUT2D eigenvalue weighted by Crippen LogP contribution is 2.35. The Hall–Kier alpha value is -2.77. The Balaban J connectivity index is 1.41. The first kappa shape index (κ1) is 23.9. The van der Waals surface area contributed by atoms with Crippen molar-refractivity contribution in [2.45, 2.75) is 19.6 Å². The zero-order valence-corrected chi connectivity index (χ0v) is 20.6. The van der Waals surface area contributed by atoms with E-state index in [1.807, 2.05) is 6.92 Å². The van der Waals surface area contributed by atoms with Gasteiger partial charge in [0.15, 0.2) is 11.6 Å². The molecule has 2 fully saturated rings. The number of morpholine rings is 1. The molecule has 35 heavy (non-hydrogen) atoms. The average Bonchev–Trinajstić information content (AvgIpc) is 3.27. The second kappa shape index (κ2) is 10.5. The van der Waals surface area contributed by atoms with Crippen LogP contribution in [0.15, 0.2) is 12.3 Å². The number of nitrogens with zero attached hydrogens (tertiary/aromatic N) is 7. The lowest BCUT2D eigenvalue weighted by atomic mass is 10.2. The van der Waals surface area contributed by atoms with Gasteiger partial charge in [0.1, 0.15) is 12.4 Å². The molecule has 3 N–H and O–H groups in total. The minimum Gasteiger partial charge on any atom is -0.384 e. The Bertz CT molecular complexity index is 1190. The second-order valence-corrected chi connectivity index (χ2v) is 10.0. The van der Waals surface area contributed by atoms with Gasteiger partial charge in [0, 0.05) is 63.4 Å². The Morgan fingerprint density at radius 1 is 1.14 bits per heavy atom. The quantitative estimate of drug-likeness (QED) is 0.442. The first-order chi connectivity index (χ1) is 17.0. The topological polar surface area (TPSA) is 134 Å². The maximum absolute atomic E-state index is 10.7. The maximum Gasteiger partial charge on any atom is 0.220 e. The molecular formula is C23H30N8O3S. The molecule has 0 unspecified atom stereocenters. The van der Waals surface area contributed by atoms with Crippen molar-refractivity contribution in [1.29, 1.82) is 0 Å². The van der Waals surface area contributed by atoms with Crippen LogP contribution >= 0.6 is 11.3 Å². The fourth-order valence-corrected chi connectivity index (χ4v) is 5.67. The van der Waals surface area contributed by atoms with E-state index in [4.69, 9.17) is 20.4 Å². The summed E-state index contributed by atoms with van der Waals surface area (Å²) in [6.07, 6.45) is 1.38. The summed E-state index contributed by atoms with van der Waals surface area (Å²) in [4.78, 5) is 37.1. The number of hydrogen-bond donors (Lipinski definition) is 2. The number of carbonyl (C=O) groups excluding carboxylic acids is 1. The third-order valence-corrected chi connectivity index (χ3v) is 7.51. The fourth-order valence-electron chi connectivity index (χ4n) is 4.51. The van der Waals surface area contributed by atoms with Gasteiger partial charge in [0.2, 0.25) is 5.95 Å². The SMILES string of the molecule is Cc1nc(N)ncc1-c1nc(N2CCOCC2)c2sc(CN3CCN(C[C@H](O)C=O)CC3)cc2n1. The minimum atomic E-state index is -0.911. The highest BCUT2D eigenvalue weighted by atomic mass is 32.1. The second-order valence-electron chi connectivity index (χ2n) is 8.90. The Labute approximate surface area is 207 Å². The van der Waals surface area contributed by atoms with Gasteiger partial charge < -0.3 is 25.3 Å². The fraction of sp³-hybridized carbons (Fsp3) is 0.522. The van der Waals surface area contributed by atoms with E-state index in [1.165, 1.54) is 4.88 Å². The summed E-state index contributed by atoms with van der Waals surface area (Å²) in [7, 11) is 0. The number of rotatable bonds is 7. The molecule has 5 rings (SSSR count). The van der Waals surface area contributed by atoms with E-state index in [2.05, 4.69) is 30.7 Å².